The Kier molecular flexibility index (Phi) is 5.98. The van der Waals surface area contributed by atoms with Crippen LogP contribution in [0, 0.1) is 5.92 Å². The van der Waals surface area contributed by atoms with Crippen molar-refractivity contribution in [2.24, 2.45) is 5.92 Å². The number of hydrogen-bond donors (Lipinski definition) is 0. The molecule has 0 bridgehead atoms. The molecular weight excluding hydrogens is 410 g/mol. The number of benzene rings is 1. The molecule has 1 aromatic carbocycles. The minimum Gasteiger partial charge on any atom is -0.343 e. The predicted octanol–water partition coefficient (Wildman–Crippen LogP) is 2.00. The van der Waals surface area contributed by atoms with Gasteiger partial charge < -0.3 is 9.80 Å². The second kappa shape index (κ2) is 8.86. The van der Waals surface area contributed by atoms with Gasteiger partial charge in [-0.3, -0.25) is 19.2 Å². The molecule has 9 heteroatoms. The van der Waals surface area contributed by atoms with E-state index in [1.165, 1.54) is 12.4 Å². The van der Waals surface area contributed by atoms with Crippen LogP contribution in [0.3, 0.4) is 0 Å². The van der Waals surface area contributed by atoms with E-state index in [-0.39, 0.29) is 29.1 Å². The summed E-state index contributed by atoms with van der Waals surface area (Å²) < 4.78 is 0. The molecule has 0 spiro atoms. The van der Waals surface area contributed by atoms with Gasteiger partial charge in [0.2, 0.25) is 5.91 Å². The van der Waals surface area contributed by atoms with Crippen LogP contribution in [0.25, 0.3) is 0 Å². The molecule has 9 nitrogen and oxygen atoms in total. The highest BCUT2D eigenvalue weighted by Crippen LogP contribution is 2.27. The Bertz CT molecular complexity index is 1030. The van der Waals surface area contributed by atoms with E-state index in [0.29, 0.717) is 37.4 Å². The molecule has 3 heterocycles. The van der Waals surface area contributed by atoms with Crippen LogP contribution in [-0.2, 0) is 4.79 Å². The first-order valence-corrected chi connectivity index (χ1v) is 10.8. The molecule has 1 atom stereocenters. The fourth-order valence-electron chi connectivity index (χ4n) is 4.28. The molecule has 1 fully saturated rings. The van der Waals surface area contributed by atoms with Gasteiger partial charge in [-0.1, -0.05) is 0 Å². The zero-order chi connectivity index (χ0) is 22.8. The van der Waals surface area contributed by atoms with Crippen LogP contribution in [0.1, 0.15) is 58.0 Å². The van der Waals surface area contributed by atoms with Gasteiger partial charge in [0, 0.05) is 44.1 Å². The summed E-state index contributed by atoms with van der Waals surface area (Å²) in [6.07, 6.45) is 4.29. The van der Waals surface area contributed by atoms with Crippen molar-refractivity contribution in [1.82, 2.24) is 19.8 Å². The van der Waals surface area contributed by atoms with Crippen molar-refractivity contribution in [3.05, 3.63) is 53.6 Å². The van der Waals surface area contributed by atoms with Crippen molar-refractivity contribution < 1.29 is 19.2 Å². The van der Waals surface area contributed by atoms with Crippen molar-refractivity contribution >= 4 is 29.3 Å². The second-order valence-corrected chi connectivity index (χ2v) is 7.85. The molecule has 0 aliphatic carbocycles. The first-order chi connectivity index (χ1) is 15.5. The van der Waals surface area contributed by atoms with Crippen molar-refractivity contribution in [1.29, 1.82) is 0 Å². The van der Waals surface area contributed by atoms with E-state index in [0.717, 1.165) is 17.7 Å². The van der Waals surface area contributed by atoms with E-state index < -0.39 is 11.8 Å². The quantitative estimate of drug-likeness (QED) is 0.666. The summed E-state index contributed by atoms with van der Waals surface area (Å²) in [6, 6.07) is 6.32. The standard InChI is InChI=1S/C23H25N5O4/c1-3-26(4-2)21(30)16-6-5-13-27(14-16)20(29)15-7-9-17(10-8-15)28-22(31)18-19(23(28)32)25-12-11-24-18/h7-12,16H,3-6,13-14H2,1-2H3/t16-/m0/s1. The fraction of sp³-hybridized carbons (Fsp3) is 0.391. The number of likely N-dealkylation sites (tertiary alicyclic amines) is 1. The second-order valence-electron chi connectivity index (χ2n) is 7.85. The lowest BCUT2D eigenvalue weighted by molar-refractivity contribution is -0.136. The summed E-state index contributed by atoms with van der Waals surface area (Å²) in [5.41, 5.74) is 0.840. The maximum absolute atomic E-state index is 13.1. The number of aromatic nitrogens is 2. The number of carbonyl (C=O) groups is 4. The number of piperidine rings is 1. The molecule has 4 amide bonds. The molecule has 0 N–H and O–H groups in total. The average Bonchev–Trinajstić information content (AvgIpc) is 3.09. The molecule has 1 aromatic heterocycles. The lowest BCUT2D eigenvalue weighted by Crippen LogP contribution is -2.46. The number of carbonyl (C=O) groups excluding carboxylic acids is 4. The number of fused-ring (bicyclic) bond motifs is 1. The summed E-state index contributed by atoms with van der Waals surface area (Å²) in [7, 11) is 0. The Morgan fingerprint density at radius 2 is 1.59 bits per heavy atom. The van der Waals surface area contributed by atoms with Crippen LogP contribution in [-0.4, -0.2) is 69.6 Å². The van der Waals surface area contributed by atoms with Gasteiger partial charge >= 0.3 is 0 Å². The Morgan fingerprint density at radius 1 is 1.00 bits per heavy atom. The predicted molar refractivity (Wildman–Crippen MR) is 116 cm³/mol. The Balaban J connectivity index is 1.48. The molecule has 1 saturated heterocycles. The van der Waals surface area contributed by atoms with Gasteiger partial charge in [-0.25, -0.2) is 14.9 Å². The molecule has 0 saturated carbocycles. The molecule has 0 radical (unpaired) electrons. The maximum Gasteiger partial charge on any atom is 0.286 e. The summed E-state index contributed by atoms with van der Waals surface area (Å²) >= 11 is 0. The van der Waals surface area contributed by atoms with Gasteiger partial charge in [-0.05, 0) is 51.0 Å². The lowest BCUT2D eigenvalue weighted by Gasteiger charge is -2.34. The largest absolute Gasteiger partial charge is 0.343 e. The Labute approximate surface area is 186 Å². The minimum atomic E-state index is -0.536. The first-order valence-electron chi connectivity index (χ1n) is 10.8. The third kappa shape index (κ3) is 3.74. The number of anilines is 1. The number of rotatable bonds is 5. The topological polar surface area (TPSA) is 104 Å². The van der Waals surface area contributed by atoms with Crippen molar-refractivity contribution in [2.45, 2.75) is 26.7 Å². The van der Waals surface area contributed by atoms with Crippen molar-refractivity contribution in [3.8, 4) is 0 Å². The SMILES string of the molecule is CCN(CC)C(=O)[C@H]1CCCN(C(=O)c2ccc(N3C(=O)c4nccnc4C3=O)cc2)C1. The van der Waals surface area contributed by atoms with Crippen LogP contribution < -0.4 is 4.90 Å². The average molecular weight is 435 g/mol. The number of imide groups is 1. The highest BCUT2D eigenvalue weighted by molar-refractivity contribution is 6.33. The zero-order valence-corrected chi connectivity index (χ0v) is 18.2. The first kappa shape index (κ1) is 21.6. The van der Waals surface area contributed by atoms with Crippen molar-refractivity contribution in [2.75, 3.05) is 31.1 Å². The van der Waals surface area contributed by atoms with Crippen LogP contribution in [0.5, 0.6) is 0 Å². The molecule has 0 unspecified atom stereocenters. The zero-order valence-electron chi connectivity index (χ0n) is 18.2. The van der Waals surface area contributed by atoms with Crippen LogP contribution in [0.4, 0.5) is 5.69 Å². The lowest BCUT2D eigenvalue weighted by atomic mass is 9.95. The van der Waals surface area contributed by atoms with Crippen LogP contribution >= 0.6 is 0 Å². The maximum atomic E-state index is 13.1. The van der Waals surface area contributed by atoms with Gasteiger partial charge in [-0.15, -0.1) is 0 Å². The van der Waals surface area contributed by atoms with E-state index >= 15 is 0 Å². The third-order valence-corrected chi connectivity index (χ3v) is 6.01. The molecule has 166 valence electrons. The third-order valence-electron chi connectivity index (χ3n) is 6.01. The van der Waals surface area contributed by atoms with E-state index in [1.807, 2.05) is 13.8 Å². The van der Waals surface area contributed by atoms with E-state index in [4.69, 9.17) is 0 Å². The molecule has 32 heavy (non-hydrogen) atoms. The summed E-state index contributed by atoms with van der Waals surface area (Å²) in [4.78, 5) is 63.3. The van der Waals surface area contributed by atoms with E-state index in [1.54, 1.807) is 34.1 Å². The smallest absolute Gasteiger partial charge is 0.286 e. The number of amides is 4. The van der Waals surface area contributed by atoms with Gasteiger partial charge in [0.1, 0.15) is 0 Å². The minimum absolute atomic E-state index is 0.0230. The molecule has 2 aromatic rings. The number of nitrogens with zero attached hydrogens (tertiary/aromatic N) is 5. The van der Waals surface area contributed by atoms with Gasteiger partial charge in [-0.2, -0.15) is 0 Å². The normalized spacial score (nSPS) is 18.0. The summed E-state index contributed by atoms with van der Waals surface area (Å²) in [5, 5.41) is 0. The van der Waals surface area contributed by atoms with Crippen molar-refractivity contribution in [3.63, 3.8) is 0 Å². The van der Waals surface area contributed by atoms with Crippen LogP contribution in [0.2, 0.25) is 0 Å². The summed E-state index contributed by atoms with van der Waals surface area (Å²) in [6.45, 7) is 6.21. The molecular formula is C23H25N5O4. The Hall–Kier alpha value is -3.62. The highest BCUT2D eigenvalue weighted by atomic mass is 16.2. The fourth-order valence-corrected chi connectivity index (χ4v) is 4.28. The summed E-state index contributed by atoms with van der Waals surface area (Å²) in [5.74, 6) is -1.34. The monoisotopic (exact) mass is 435 g/mol. The molecule has 4 rings (SSSR count). The van der Waals surface area contributed by atoms with Gasteiger partial charge in [0.05, 0.1) is 11.6 Å². The highest BCUT2D eigenvalue weighted by Gasteiger charge is 2.39. The van der Waals surface area contributed by atoms with Gasteiger partial charge in [0.25, 0.3) is 17.7 Å². The van der Waals surface area contributed by atoms with E-state index in [2.05, 4.69) is 9.97 Å². The Morgan fingerprint density at radius 3 is 2.16 bits per heavy atom. The van der Waals surface area contributed by atoms with E-state index in [9.17, 15) is 19.2 Å². The molecule has 2 aliphatic rings. The van der Waals surface area contributed by atoms with Crippen LogP contribution in [0.15, 0.2) is 36.7 Å². The number of hydrogen-bond acceptors (Lipinski definition) is 6. The molecule has 2 aliphatic heterocycles. The van der Waals surface area contributed by atoms with Gasteiger partial charge in [0.15, 0.2) is 11.4 Å².